The molecule has 2 N–H and O–H groups in total. The zero-order valence-corrected chi connectivity index (χ0v) is 17.0. The molecule has 0 aliphatic rings. The van der Waals surface area contributed by atoms with Crippen molar-refractivity contribution in [2.45, 2.75) is 43.0 Å². The van der Waals surface area contributed by atoms with Gasteiger partial charge >= 0.3 is 0 Å². The van der Waals surface area contributed by atoms with Crippen LogP contribution >= 0.6 is 11.8 Å². The maximum absolute atomic E-state index is 12.8. The number of thioether (sulfide) groups is 1. The Balaban J connectivity index is 2.33. The number of amides is 1. The van der Waals surface area contributed by atoms with Gasteiger partial charge in [0.25, 0.3) is 0 Å². The number of anilines is 1. The van der Waals surface area contributed by atoms with Gasteiger partial charge in [-0.25, -0.2) is 13.1 Å². The first-order valence-corrected chi connectivity index (χ1v) is 11.0. The summed E-state index contributed by atoms with van der Waals surface area (Å²) in [4.78, 5) is 12.3. The van der Waals surface area contributed by atoms with E-state index in [1.165, 1.54) is 24.8 Å². The van der Waals surface area contributed by atoms with Gasteiger partial charge in [0, 0.05) is 17.9 Å². The summed E-state index contributed by atoms with van der Waals surface area (Å²) in [6.45, 7) is 5.33. The van der Waals surface area contributed by atoms with Crippen LogP contribution in [0.15, 0.2) is 52.3 Å². The summed E-state index contributed by atoms with van der Waals surface area (Å²) in [5.74, 6) is -0.242. The zero-order valence-electron chi connectivity index (χ0n) is 15.4. The van der Waals surface area contributed by atoms with E-state index in [1.54, 1.807) is 12.1 Å². The zero-order chi connectivity index (χ0) is 19.3. The molecule has 0 spiro atoms. The van der Waals surface area contributed by atoms with Crippen LogP contribution in [0, 0.1) is 6.92 Å². The number of hydrogen-bond donors (Lipinski definition) is 2. The first-order valence-electron chi connectivity index (χ1n) is 8.31. The van der Waals surface area contributed by atoms with Gasteiger partial charge in [-0.15, -0.1) is 11.8 Å². The molecule has 1 atom stereocenters. The van der Waals surface area contributed by atoms with Crippen LogP contribution in [0.3, 0.4) is 0 Å². The highest BCUT2D eigenvalue weighted by atomic mass is 32.2. The van der Waals surface area contributed by atoms with Gasteiger partial charge in [-0.1, -0.05) is 36.8 Å². The normalized spacial score (nSPS) is 12.6. The van der Waals surface area contributed by atoms with Crippen molar-refractivity contribution in [1.29, 1.82) is 0 Å². The highest BCUT2D eigenvalue weighted by molar-refractivity contribution is 7.98. The third kappa shape index (κ3) is 5.09. The lowest BCUT2D eigenvalue weighted by molar-refractivity contribution is -0.114. The third-order valence-electron chi connectivity index (χ3n) is 3.98. The van der Waals surface area contributed by atoms with E-state index >= 15 is 0 Å². The predicted molar refractivity (Wildman–Crippen MR) is 107 cm³/mol. The Kier molecular flexibility index (Phi) is 6.86. The number of aryl methyl sites for hydroxylation is 1. The van der Waals surface area contributed by atoms with Gasteiger partial charge in [0.05, 0.1) is 10.6 Å². The molecule has 0 aliphatic carbocycles. The maximum Gasteiger partial charge on any atom is 0.241 e. The SMILES string of the molecule is CCC(NS(=O)(=O)c1ccc(SC)c(NC(C)=O)c1)c1ccc(C)cc1. The Hall–Kier alpha value is -1.83. The summed E-state index contributed by atoms with van der Waals surface area (Å²) in [5.41, 5.74) is 2.54. The van der Waals surface area contributed by atoms with E-state index in [2.05, 4.69) is 10.0 Å². The molecule has 0 bridgehead atoms. The first kappa shape index (κ1) is 20.5. The molecule has 5 nitrogen and oxygen atoms in total. The molecule has 2 aromatic carbocycles. The molecule has 0 heterocycles. The molecular weight excluding hydrogens is 368 g/mol. The van der Waals surface area contributed by atoms with Crippen molar-refractivity contribution in [1.82, 2.24) is 4.72 Å². The molecular formula is C19H24N2O3S2. The average molecular weight is 393 g/mol. The van der Waals surface area contributed by atoms with Crippen molar-refractivity contribution < 1.29 is 13.2 Å². The number of hydrogen-bond acceptors (Lipinski definition) is 4. The average Bonchev–Trinajstić information content (AvgIpc) is 2.60. The van der Waals surface area contributed by atoms with Crippen LogP contribution in [-0.4, -0.2) is 20.6 Å². The van der Waals surface area contributed by atoms with Crippen molar-refractivity contribution in [3.8, 4) is 0 Å². The standard InChI is InChI=1S/C19H24N2O3S2/c1-5-17(15-8-6-13(2)7-9-15)21-26(23,24)16-10-11-19(25-4)18(12-16)20-14(3)22/h6-12,17,21H,5H2,1-4H3,(H,20,22). The number of carbonyl (C=O) groups excluding carboxylic acids is 1. The fraction of sp³-hybridized carbons (Fsp3) is 0.316. The van der Waals surface area contributed by atoms with Crippen LogP contribution in [0.2, 0.25) is 0 Å². The van der Waals surface area contributed by atoms with Gasteiger partial charge < -0.3 is 5.32 Å². The lowest BCUT2D eigenvalue weighted by Gasteiger charge is -2.18. The molecule has 7 heteroatoms. The topological polar surface area (TPSA) is 75.3 Å². The van der Waals surface area contributed by atoms with Gasteiger partial charge in [-0.05, 0) is 43.4 Å². The molecule has 1 unspecified atom stereocenters. The first-order chi connectivity index (χ1) is 12.3. The molecule has 0 aliphatic heterocycles. The van der Waals surface area contributed by atoms with Crippen LogP contribution < -0.4 is 10.0 Å². The van der Waals surface area contributed by atoms with E-state index in [4.69, 9.17) is 0 Å². The minimum atomic E-state index is -3.72. The second-order valence-corrected chi connectivity index (χ2v) is 8.60. The monoisotopic (exact) mass is 392 g/mol. The lowest BCUT2D eigenvalue weighted by Crippen LogP contribution is -2.28. The smallest absolute Gasteiger partial charge is 0.241 e. The van der Waals surface area contributed by atoms with E-state index in [1.807, 2.05) is 44.4 Å². The van der Waals surface area contributed by atoms with Crippen LogP contribution in [0.25, 0.3) is 0 Å². The Bertz CT molecular complexity index is 878. The minimum absolute atomic E-state index is 0.129. The van der Waals surface area contributed by atoms with Gasteiger partial charge in [-0.3, -0.25) is 4.79 Å². The number of carbonyl (C=O) groups is 1. The number of benzene rings is 2. The summed E-state index contributed by atoms with van der Waals surface area (Å²) >= 11 is 1.44. The fourth-order valence-corrected chi connectivity index (χ4v) is 4.45. The third-order valence-corrected chi connectivity index (χ3v) is 6.24. The van der Waals surface area contributed by atoms with E-state index < -0.39 is 10.0 Å². The number of rotatable bonds is 7. The van der Waals surface area contributed by atoms with Gasteiger partial charge in [0.1, 0.15) is 0 Å². The highest BCUT2D eigenvalue weighted by Crippen LogP contribution is 2.29. The van der Waals surface area contributed by atoms with Crippen molar-refractivity contribution in [3.05, 3.63) is 53.6 Å². The van der Waals surface area contributed by atoms with Crippen LogP contribution in [0.4, 0.5) is 5.69 Å². The molecule has 140 valence electrons. The van der Waals surface area contributed by atoms with Crippen molar-refractivity contribution in [3.63, 3.8) is 0 Å². The second kappa shape index (κ2) is 8.70. The molecule has 0 radical (unpaired) electrons. The van der Waals surface area contributed by atoms with E-state index in [0.717, 1.165) is 16.0 Å². The van der Waals surface area contributed by atoms with Gasteiger partial charge in [0.15, 0.2) is 0 Å². The maximum atomic E-state index is 12.8. The van der Waals surface area contributed by atoms with Crippen molar-refractivity contribution in [2.75, 3.05) is 11.6 Å². The molecule has 26 heavy (non-hydrogen) atoms. The molecule has 1 amide bonds. The summed E-state index contributed by atoms with van der Waals surface area (Å²) < 4.78 is 28.5. The Morgan fingerprint density at radius 1 is 1.15 bits per heavy atom. The summed E-state index contributed by atoms with van der Waals surface area (Å²) in [7, 11) is -3.72. The number of nitrogens with one attached hydrogen (secondary N) is 2. The van der Waals surface area contributed by atoms with Gasteiger partial charge in [-0.2, -0.15) is 0 Å². The van der Waals surface area contributed by atoms with Crippen molar-refractivity contribution in [2.24, 2.45) is 0 Å². The van der Waals surface area contributed by atoms with Crippen LogP contribution in [-0.2, 0) is 14.8 Å². The Labute approximate surface area is 159 Å². The minimum Gasteiger partial charge on any atom is -0.325 e. The molecule has 2 aromatic rings. The summed E-state index contributed by atoms with van der Waals surface area (Å²) in [6, 6.07) is 12.3. The molecule has 0 fully saturated rings. The summed E-state index contributed by atoms with van der Waals surface area (Å²) in [6.07, 6.45) is 2.50. The summed E-state index contributed by atoms with van der Waals surface area (Å²) in [5, 5.41) is 2.69. The highest BCUT2D eigenvalue weighted by Gasteiger charge is 2.21. The molecule has 0 aromatic heterocycles. The van der Waals surface area contributed by atoms with E-state index in [9.17, 15) is 13.2 Å². The van der Waals surface area contributed by atoms with Gasteiger partial charge in [0.2, 0.25) is 15.9 Å². The van der Waals surface area contributed by atoms with E-state index in [0.29, 0.717) is 12.1 Å². The number of sulfonamides is 1. The van der Waals surface area contributed by atoms with Crippen LogP contribution in [0.5, 0.6) is 0 Å². The van der Waals surface area contributed by atoms with Crippen molar-refractivity contribution >= 4 is 33.4 Å². The quantitative estimate of drug-likeness (QED) is 0.696. The fourth-order valence-electron chi connectivity index (χ4n) is 2.58. The lowest BCUT2D eigenvalue weighted by atomic mass is 10.0. The molecule has 2 rings (SSSR count). The molecule has 0 saturated heterocycles. The molecule has 0 saturated carbocycles. The van der Waals surface area contributed by atoms with Crippen LogP contribution in [0.1, 0.15) is 37.4 Å². The largest absolute Gasteiger partial charge is 0.325 e. The Morgan fingerprint density at radius 3 is 2.35 bits per heavy atom. The Morgan fingerprint density at radius 2 is 1.81 bits per heavy atom. The second-order valence-electron chi connectivity index (χ2n) is 6.04. The predicted octanol–water partition coefficient (Wildman–Crippen LogP) is 4.10. The van der Waals surface area contributed by atoms with E-state index in [-0.39, 0.29) is 16.8 Å².